The van der Waals surface area contributed by atoms with Gasteiger partial charge >= 0.3 is 0 Å². The van der Waals surface area contributed by atoms with E-state index in [0.29, 0.717) is 5.02 Å². The summed E-state index contributed by atoms with van der Waals surface area (Å²) in [5.41, 5.74) is 1.04. The average Bonchev–Trinajstić information content (AvgIpc) is 2.55. The van der Waals surface area contributed by atoms with Gasteiger partial charge in [-0.1, -0.05) is 41.9 Å². The molecule has 0 radical (unpaired) electrons. The summed E-state index contributed by atoms with van der Waals surface area (Å²) in [6.45, 7) is -0.353. The van der Waals surface area contributed by atoms with Crippen molar-refractivity contribution >= 4 is 27.5 Å². The summed E-state index contributed by atoms with van der Waals surface area (Å²) in [6.07, 6.45) is 0.986. The number of hydrogen-bond donors (Lipinski definition) is 1. The van der Waals surface area contributed by atoms with Gasteiger partial charge in [0.2, 0.25) is 15.9 Å². The third-order valence-electron chi connectivity index (χ3n) is 3.50. The van der Waals surface area contributed by atoms with E-state index in [9.17, 15) is 17.6 Å². The summed E-state index contributed by atoms with van der Waals surface area (Å²) in [5.74, 6) is -0.991. The van der Waals surface area contributed by atoms with E-state index in [1.165, 1.54) is 18.2 Å². The van der Waals surface area contributed by atoms with Crippen LogP contribution in [0, 0.1) is 5.82 Å². The van der Waals surface area contributed by atoms with E-state index in [1.54, 1.807) is 30.3 Å². The van der Waals surface area contributed by atoms with Gasteiger partial charge in [-0.2, -0.15) is 4.31 Å². The number of rotatable bonds is 7. The second kappa shape index (κ2) is 8.42. The summed E-state index contributed by atoms with van der Waals surface area (Å²) in [4.78, 5) is 12.1. The Morgan fingerprint density at radius 3 is 2.40 bits per heavy atom. The zero-order valence-electron chi connectivity index (χ0n) is 13.6. The zero-order valence-corrected chi connectivity index (χ0v) is 15.1. The van der Waals surface area contributed by atoms with Crippen LogP contribution >= 0.6 is 11.6 Å². The van der Waals surface area contributed by atoms with E-state index in [1.807, 2.05) is 0 Å². The third-order valence-corrected chi connectivity index (χ3v) is 4.94. The molecular weight excluding hydrogens is 367 g/mol. The molecule has 25 heavy (non-hydrogen) atoms. The molecule has 0 fully saturated rings. The Labute approximate surface area is 151 Å². The number of carbonyl (C=O) groups is 1. The SMILES string of the molecule is CS(=O)(=O)N(CC(=O)NCc1ccc(Cl)cc1)Cc1ccccc1F. The molecule has 2 aromatic rings. The van der Waals surface area contributed by atoms with Gasteiger partial charge in [0.1, 0.15) is 5.82 Å². The second-order valence-electron chi connectivity index (χ2n) is 5.53. The van der Waals surface area contributed by atoms with Crippen LogP contribution in [0.5, 0.6) is 0 Å². The molecule has 0 atom stereocenters. The van der Waals surface area contributed by atoms with Crippen molar-refractivity contribution in [1.29, 1.82) is 0 Å². The highest BCUT2D eigenvalue weighted by Crippen LogP contribution is 2.12. The van der Waals surface area contributed by atoms with Crippen molar-refractivity contribution in [1.82, 2.24) is 9.62 Å². The van der Waals surface area contributed by atoms with Crippen molar-refractivity contribution in [2.45, 2.75) is 13.1 Å². The molecule has 0 aliphatic carbocycles. The molecule has 0 aliphatic heterocycles. The van der Waals surface area contributed by atoms with E-state index in [2.05, 4.69) is 5.32 Å². The van der Waals surface area contributed by atoms with Crippen molar-refractivity contribution in [2.75, 3.05) is 12.8 Å². The van der Waals surface area contributed by atoms with E-state index in [-0.39, 0.29) is 25.2 Å². The highest BCUT2D eigenvalue weighted by atomic mass is 35.5. The fraction of sp³-hybridized carbons (Fsp3) is 0.235. The summed E-state index contributed by atoms with van der Waals surface area (Å²) in [5, 5.41) is 3.23. The van der Waals surface area contributed by atoms with Crippen molar-refractivity contribution < 1.29 is 17.6 Å². The zero-order chi connectivity index (χ0) is 18.4. The number of carbonyl (C=O) groups excluding carboxylic acids is 1. The normalized spacial score (nSPS) is 11.5. The van der Waals surface area contributed by atoms with Gasteiger partial charge in [-0.15, -0.1) is 0 Å². The molecule has 0 saturated heterocycles. The molecule has 1 N–H and O–H groups in total. The largest absolute Gasteiger partial charge is 0.351 e. The van der Waals surface area contributed by atoms with Crippen LogP contribution in [0.2, 0.25) is 5.02 Å². The van der Waals surface area contributed by atoms with Crippen LogP contribution < -0.4 is 5.32 Å². The van der Waals surface area contributed by atoms with Gasteiger partial charge in [-0.3, -0.25) is 4.79 Å². The molecule has 2 rings (SSSR count). The highest BCUT2D eigenvalue weighted by Gasteiger charge is 2.21. The number of nitrogens with zero attached hydrogens (tertiary/aromatic N) is 1. The minimum absolute atomic E-state index is 0.207. The first kappa shape index (κ1) is 19.4. The van der Waals surface area contributed by atoms with Gasteiger partial charge in [0.05, 0.1) is 12.8 Å². The number of sulfonamides is 1. The molecule has 2 aromatic carbocycles. The second-order valence-corrected chi connectivity index (χ2v) is 7.94. The number of nitrogens with one attached hydrogen (secondary N) is 1. The third kappa shape index (κ3) is 6.12. The molecule has 1 amide bonds. The van der Waals surface area contributed by atoms with E-state index >= 15 is 0 Å². The summed E-state index contributed by atoms with van der Waals surface area (Å²) in [6, 6.07) is 12.8. The van der Waals surface area contributed by atoms with Crippen molar-refractivity contribution in [3.05, 3.63) is 70.5 Å². The lowest BCUT2D eigenvalue weighted by molar-refractivity contribution is -0.121. The average molecular weight is 385 g/mol. The Kier molecular flexibility index (Phi) is 6.52. The van der Waals surface area contributed by atoms with E-state index < -0.39 is 21.7 Å². The molecule has 134 valence electrons. The topological polar surface area (TPSA) is 66.5 Å². The van der Waals surface area contributed by atoms with Gasteiger partial charge in [0.25, 0.3) is 0 Å². The Hall–Kier alpha value is -1.96. The lowest BCUT2D eigenvalue weighted by atomic mass is 10.2. The molecule has 0 saturated carbocycles. The quantitative estimate of drug-likeness (QED) is 0.797. The van der Waals surface area contributed by atoms with Crippen LogP contribution in [0.25, 0.3) is 0 Å². The smallest absolute Gasteiger partial charge is 0.235 e. The van der Waals surface area contributed by atoms with Gasteiger partial charge in [0.15, 0.2) is 0 Å². The summed E-state index contributed by atoms with van der Waals surface area (Å²) >= 11 is 5.79. The lowest BCUT2D eigenvalue weighted by Crippen LogP contribution is -2.39. The number of benzene rings is 2. The predicted octanol–water partition coefficient (Wildman–Crippen LogP) is 2.56. The number of hydrogen-bond acceptors (Lipinski definition) is 3. The first-order chi connectivity index (χ1) is 11.8. The standard InChI is InChI=1S/C17H18ClFN2O3S/c1-25(23,24)21(11-14-4-2-3-5-16(14)19)12-17(22)20-10-13-6-8-15(18)9-7-13/h2-9H,10-12H2,1H3,(H,20,22). The molecular formula is C17H18ClFN2O3S. The highest BCUT2D eigenvalue weighted by molar-refractivity contribution is 7.88. The number of halogens is 2. The van der Waals surface area contributed by atoms with Crippen LogP contribution in [0.4, 0.5) is 4.39 Å². The Balaban J connectivity index is 2.00. The van der Waals surface area contributed by atoms with Gasteiger partial charge in [-0.25, -0.2) is 12.8 Å². The Morgan fingerprint density at radius 2 is 1.80 bits per heavy atom. The molecule has 5 nitrogen and oxygen atoms in total. The fourth-order valence-corrected chi connectivity index (χ4v) is 2.98. The van der Waals surface area contributed by atoms with Crippen molar-refractivity contribution in [2.24, 2.45) is 0 Å². The minimum Gasteiger partial charge on any atom is -0.351 e. The molecule has 0 heterocycles. The Bertz CT molecular complexity index is 841. The maximum atomic E-state index is 13.7. The van der Waals surface area contributed by atoms with Gasteiger partial charge in [-0.05, 0) is 23.8 Å². The van der Waals surface area contributed by atoms with E-state index in [4.69, 9.17) is 11.6 Å². The Morgan fingerprint density at radius 1 is 1.16 bits per heavy atom. The molecule has 0 aromatic heterocycles. The van der Waals surface area contributed by atoms with Gasteiger partial charge < -0.3 is 5.32 Å². The van der Waals surface area contributed by atoms with Crippen LogP contribution in [-0.2, 0) is 27.9 Å². The van der Waals surface area contributed by atoms with Crippen LogP contribution in [0.15, 0.2) is 48.5 Å². The van der Waals surface area contributed by atoms with Crippen molar-refractivity contribution in [3.8, 4) is 0 Å². The summed E-state index contributed by atoms with van der Waals surface area (Å²) < 4.78 is 38.5. The van der Waals surface area contributed by atoms with Gasteiger partial charge in [0, 0.05) is 23.7 Å². The summed E-state index contributed by atoms with van der Waals surface area (Å²) in [7, 11) is -3.68. The first-order valence-corrected chi connectivity index (χ1v) is 9.68. The van der Waals surface area contributed by atoms with E-state index in [0.717, 1.165) is 16.1 Å². The molecule has 0 aliphatic rings. The minimum atomic E-state index is -3.68. The number of amides is 1. The van der Waals surface area contributed by atoms with Crippen LogP contribution in [0.1, 0.15) is 11.1 Å². The maximum Gasteiger partial charge on any atom is 0.235 e. The van der Waals surface area contributed by atoms with Crippen LogP contribution in [0.3, 0.4) is 0 Å². The molecule has 0 spiro atoms. The van der Waals surface area contributed by atoms with Crippen LogP contribution in [-0.4, -0.2) is 31.4 Å². The molecule has 0 unspecified atom stereocenters. The lowest BCUT2D eigenvalue weighted by Gasteiger charge is -2.20. The molecule has 0 bridgehead atoms. The predicted molar refractivity (Wildman–Crippen MR) is 95.0 cm³/mol. The first-order valence-electron chi connectivity index (χ1n) is 7.45. The molecule has 8 heteroatoms. The maximum absolute atomic E-state index is 13.7. The monoisotopic (exact) mass is 384 g/mol. The fourth-order valence-electron chi connectivity index (χ4n) is 2.13. The van der Waals surface area contributed by atoms with Crippen molar-refractivity contribution in [3.63, 3.8) is 0 Å².